The molecular weight excluding hydrogens is 278 g/mol. The Hall–Kier alpha value is -1.86. The van der Waals surface area contributed by atoms with Gasteiger partial charge >= 0.3 is 11.9 Å². The molecule has 0 aromatic carbocycles. The van der Waals surface area contributed by atoms with Gasteiger partial charge in [0, 0.05) is 12.2 Å². The lowest BCUT2D eigenvalue weighted by atomic mass is 9.97. The molecule has 0 rings (SSSR count). The Balaban J connectivity index is 4.52. The van der Waals surface area contributed by atoms with E-state index in [9.17, 15) is 9.59 Å². The molecule has 1 atom stereocenters. The maximum atomic E-state index is 11.6. The largest absolute Gasteiger partial charge is 0.480 e. The van der Waals surface area contributed by atoms with Crippen molar-refractivity contribution in [2.45, 2.75) is 60.3 Å². The summed E-state index contributed by atoms with van der Waals surface area (Å²) in [6.07, 6.45) is -0.910. The van der Waals surface area contributed by atoms with Gasteiger partial charge in [-0.1, -0.05) is 0 Å². The fourth-order valence-corrected chi connectivity index (χ4v) is 1.01. The number of hydrogen-bond donors (Lipinski definition) is 1. The van der Waals surface area contributed by atoms with Gasteiger partial charge in [-0.05, 0) is 46.8 Å². The molecule has 8 heteroatoms. The van der Waals surface area contributed by atoms with E-state index >= 15 is 0 Å². The van der Waals surface area contributed by atoms with Crippen LogP contribution in [0.15, 0.2) is 10.5 Å². The van der Waals surface area contributed by atoms with E-state index in [1.54, 1.807) is 41.5 Å². The van der Waals surface area contributed by atoms with Crippen LogP contribution in [0.1, 0.15) is 48.5 Å². The van der Waals surface area contributed by atoms with Gasteiger partial charge in [0.2, 0.25) is 0 Å². The third-order valence-corrected chi connectivity index (χ3v) is 2.28. The molecule has 1 unspecified atom stereocenters. The molecule has 0 saturated carbocycles. The van der Waals surface area contributed by atoms with Gasteiger partial charge in [0.25, 0.3) is 6.29 Å². The Morgan fingerprint density at radius 3 is 2.10 bits per heavy atom. The molecular formula is C13H25N3O5. The molecule has 21 heavy (non-hydrogen) atoms. The van der Waals surface area contributed by atoms with E-state index < -0.39 is 29.2 Å². The zero-order valence-electron chi connectivity index (χ0n) is 13.7. The molecule has 0 aliphatic carbocycles. The highest BCUT2D eigenvalue weighted by atomic mass is 16.8. The van der Waals surface area contributed by atoms with Crippen LogP contribution >= 0.6 is 0 Å². The molecule has 0 fully saturated rings. The summed E-state index contributed by atoms with van der Waals surface area (Å²) < 4.78 is 5.01. The molecule has 122 valence electrons. The summed E-state index contributed by atoms with van der Waals surface area (Å²) in [5, 5.41) is 17.2. The summed E-state index contributed by atoms with van der Waals surface area (Å²) in [6.45, 7) is 11.7. The zero-order chi connectivity index (χ0) is 16.8. The van der Waals surface area contributed by atoms with Gasteiger partial charge in [0.15, 0.2) is 0 Å². The highest BCUT2D eigenvalue weighted by molar-refractivity contribution is 5.75. The average Bonchev–Trinajstić information content (AvgIpc) is 2.24. The Morgan fingerprint density at radius 1 is 1.19 bits per heavy atom. The fourth-order valence-electron chi connectivity index (χ4n) is 1.01. The molecule has 1 N–H and O–H groups in total. The van der Waals surface area contributed by atoms with Gasteiger partial charge in [0.05, 0.1) is 11.0 Å². The van der Waals surface area contributed by atoms with Crippen molar-refractivity contribution in [3.8, 4) is 0 Å². The van der Waals surface area contributed by atoms with E-state index in [1.807, 2.05) is 0 Å². The molecule has 0 radical (unpaired) electrons. The second-order valence-corrected chi connectivity index (χ2v) is 6.62. The zero-order valence-corrected chi connectivity index (χ0v) is 13.7. The third kappa shape index (κ3) is 8.11. The number of hydrogen-bond acceptors (Lipinski definition) is 6. The fraction of sp³-hybridized carbons (Fsp3) is 0.846. The van der Waals surface area contributed by atoms with Gasteiger partial charge in [-0.15, -0.1) is 0 Å². The van der Waals surface area contributed by atoms with Crippen LogP contribution in [0.4, 0.5) is 0 Å². The number of rotatable bonds is 6. The first kappa shape index (κ1) is 19.1. The third-order valence-electron chi connectivity index (χ3n) is 2.28. The first-order chi connectivity index (χ1) is 9.34. The van der Waals surface area contributed by atoms with E-state index in [2.05, 4.69) is 10.5 Å². The number of carboxylic acids is 1. The second-order valence-electron chi connectivity index (χ2n) is 6.62. The lowest BCUT2D eigenvalue weighted by Gasteiger charge is -2.29. The number of carboxylic acid groups (broad SMARTS) is 1. The van der Waals surface area contributed by atoms with E-state index in [4.69, 9.17) is 14.7 Å². The molecule has 8 nitrogen and oxygen atoms in total. The second kappa shape index (κ2) is 7.24. The van der Waals surface area contributed by atoms with Gasteiger partial charge in [-0.3, -0.25) is 14.6 Å². The van der Waals surface area contributed by atoms with Crippen molar-refractivity contribution in [1.82, 2.24) is 5.01 Å². The maximum absolute atomic E-state index is 11.6. The number of esters is 1. The van der Waals surface area contributed by atoms with E-state index in [0.717, 1.165) is 0 Å². The normalized spacial score (nSPS) is 13.9. The highest BCUT2D eigenvalue weighted by Gasteiger charge is 2.26. The Bertz CT molecular complexity index is 396. The van der Waals surface area contributed by atoms with Crippen LogP contribution in [-0.4, -0.2) is 40.4 Å². The predicted octanol–water partition coefficient (Wildman–Crippen LogP) is 2.41. The minimum absolute atomic E-state index is 0.313. The Kier molecular flexibility index (Phi) is 6.59. The quantitative estimate of drug-likeness (QED) is 0.350. The summed E-state index contributed by atoms with van der Waals surface area (Å²) in [4.78, 5) is 27.3. The van der Waals surface area contributed by atoms with Crippen LogP contribution in [0.3, 0.4) is 0 Å². The van der Waals surface area contributed by atoms with Crippen molar-refractivity contribution in [2.75, 3.05) is 6.54 Å². The Labute approximate surface area is 125 Å². The summed E-state index contributed by atoms with van der Waals surface area (Å²) in [5.41, 5.74) is -1.17. The smallest absolute Gasteiger partial charge is 0.324 e. The van der Waals surface area contributed by atoms with Crippen molar-refractivity contribution >= 4 is 11.9 Å². The molecule has 0 aromatic rings. The van der Waals surface area contributed by atoms with E-state index in [-0.39, 0.29) is 6.54 Å². The molecule has 0 heterocycles. The van der Waals surface area contributed by atoms with Crippen LogP contribution < -0.4 is 0 Å². The van der Waals surface area contributed by atoms with Crippen LogP contribution in [0, 0.1) is 5.41 Å². The lowest BCUT2D eigenvalue weighted by Crippen LogP contribution is -2.40. The van der Waals surface area contributed by atoms with Crippen molar-refractivity contribution in [2.24, 2.45) is 15.9 Å². The number of aliphatic carboxylic acids is 1. The number of carbonyl (C=O) groups is 2. The SMILES string of the molecule is CC(O/N=N\N(CC(=O)O)C(C)(C)C)OC(=O)C(C)(C)C. The molecule has 0 aliphatic rings. The van der Waals surface area contributed by atoms with Crippen LogP contribution in [-0.2, 0) is 19.2 Å². The van der Waals surface area contributed by atoms with Gasteiger partial charge < -0.3 is 14.7 Å². The van der Waals surface area contributed by atoms with Crippen molar-refractivity contribution < 1.29 is 24.3 Å². The standard InChI is InChI=1S/C13H25N3O5/c1-9(20-11(19)12(2,3)4)21-15-14-16(8-10(17)18)13(5,6)7/h9H,8H2,1-7H3,(H,17,18)/b15-14-. The van der Waals surface area contributed by atoms with E-state index in [0.29, 0.717) is 0 Å². The minimum Gasteiger partial charge on any atom is -0.480 e. The van der Waals surface area contributed by atoms with Crippen LogP contribution in [0.25, 0.3) is 0 Å². The van der Waals surface area contributed by atoms with E-state index in [1.165, 1.54) is 11.9 Å². The van der Waals surface area contributed by atoms with Crippen molar-refractivity contribution in [1.29, 1.82) is 0 Å². The summed E-state index contributed by atoms with van der Waals surface area (Å²) in [6, 6.07) is 0. The minimum atomic E-state index is -1.03. The molecule has 0 aliphatic heterocycles. The van der Waals surface area contributed by atoms with Gasteiger partial charge in [0.1, 0.15) is 6.54 Å². The lowest BCUT2D eigenvalue weighted by molar-refractivity contribution is -0.187. The number of carbonyl (C=O) groups excluding carboxylic acids is 1. The van der Waals surface area contributed by atoms with Gasteiger partial charge in [-0.25, -0.2) is 0 Å². The highest BCUT2D eigenvalue weighted by Crippen LogP contribution is 2.17. The van der Waals surface area contributed by atoms with Crippen molar-refractivity contribution in [3.05, 3.63) is 0 Å². The van der Waals surface area contributed by atoms with Crippen LogP contribution in [0.2, 0.25) is 0 Å². The molecule has 0 spiro atoms. The molecule has 0 aromatic heterocycles. The monoisotopic (exact) mass is 303 g/mol. The van der Waals surface area contributed by atoms with Crippen molar-refractivity contribution in [3.63, 3.8) is 0 Å². The molecule has 0 bridgehead atoms. The van der Waals surface area contributed by atoms with Gasteiger partial charge in [-0.2, -0.15) is 0 Å². The van der Waals surface area contributed by atoms with Crippen LogP contribution in [0.5, 0.6) is 0 Å². The summed E-state index contributed by atoms with van der Waals surface area (Å²) in [7, 11) is 0. The number of ether oxygens (including phenoxy) is 1. The predicted molar refractivity (Wildman–Crippen MR) is 75.0 cm³/mol. The maximum Gasteiger partial charge on any atom is 0.324 e. The summed E-state index contributed by atoms with van der Waals surface area (Å²) >= 11 is 0. The summed E-state index contributed by atoms with van der Waals surface area (Å²) in [5.74, 6) is -1.46. The average molecular weight is 303 g/mol. The topological polar surface area (TPSA) is 101 Å². The molecule has 0 saturated heterocycles. The number of nitrogens with zero attached hydrogens (tertiary/aromatic N) is 3. The first-order valence-corrected chi connectivity index (χ1v) is 6.61. The first-order valence-electron chi connectivity index (χ1n) is 6.61. The Morgan fingerprint density at radius 2 is 1.71 bits per heavy atom. The molecule has 0 amide bonds.